The summed E-state index contributed by atoms with van der Waals surface area (Å²) >= 11 is 0. The lowest BCUT2D eigenvalue weighted by atomic mass is 10.2. The van der Waals surface area contributed by atoms with Crippen molar-refractivity contribution in [1.82, 2.24) is 19.5 Å². The number of hydrogen-bond acceptors (Lipinski definition) is 5. The van der Waals surface area contributed by atoms with Crippen molar-refractivity contribution in [2.24, 2.45) is 0 Å². The van der Waals surface area contributed by atoms with E-state index >= 15 is 0 Å². The average molecular weight is 319 g/mol. The van der Waals surface area contributed by atoms with Crippen LogP contribution in [0.25, 0.3) is 21.9 Å². The molecule has 24 heavy (non-hydrogen) atoms. The Kier molecular flexibility index (Phi) is 3.80. The topological polar surface area (TPSA) is 78.8 Å². The Bertz CT molecular complexity index is 981. The van der Waals surface area contributed by atoms with Crippen molar-refractivity contribution in [3.05, 3.63) is 60.7 Å². The molecule has 0 aliphatic heterocycles. The minimum atomic E-state index is 0.457. The molecule has 6 heteroatoms. The largest absolute Gasteiger partial charge is 0.382 e. The zero-order valence-corrected chi connectivity index (χ0v) is 13.1. The number of aromatic nitrogens is 4. The first-order chi connectivity index (χ1) is 11.8. The number of imidazole rings is 1. The molecule has 0 unspecified atom stereocenters. The van der Waals surface area contributed by atoms with E-state index in [9.17, 15) is 0 Å². The lowest BCUT2D eigenvalue weighted by Crippen LogP contribution is -2.06. The normalized spacial score (nSPS) is 11.3. The van der Waals surface area contributed by atoms with Crippen LogP contribution < -0.4 is 5.73 Å². The highest BCUT2D eigenvalue weighted by atomic mass is 16.5. The number of rotatable bonds is 5. The summed E-state index contributed by atoms with van der Waals surface area (Å²) in [4.78, 5) is 12.9. The number of fused-ring (bicyclic) bond motifs is 3. The average Bonchev–Trinajstić information content (AvgIpc) is 3.05. The molecule has 0 radical (unpaired) electrons. The predicted molar refractivity (Wildman–Crippen MR) is 93.3 cm³/mol. The molecule has 2 N–H and O–H groups in total. The Hall–Kier alpha value is -2.99. The fourth-order valence-corrected chi connectivity index (χ4v) is 2.81. The van der Waals surface area contributed by atoms with Gasteiger partial charge in [-0.2, -0.15) is 0 Å². The van der Waals surface area contributed by atoms with Gasteiger partial charge in [0.15, 0.2) is 5.82 Å². The summed E-state index contributed by atoms with van der Waals surface area (Å²) in [5.41, 5.74) is 9.72. The fourth-order valence-electron chi connectivity index (χ4n) is 2.81. The summed E-state index contributed by atoms with van der Waals surface area (Å²) in [6.45, 7) is 1.83. The van der Waals surface area contributed by atoms with Crippen LogP contribution in [0.3, 0.4) is 0 Å². The number of pyridine rings is 2. The first kappa shape index (κ1) is 14.6. The van der Waals surface area contributed by atoms with E-state index in [0.29, 0.717) is 25.6 Å². The quantitative estimate of drug-likeness (QED) is 0.572. The first-order valence-electron chi connectivity index (χ1n) is 7.78. The second kappa shape index (κ2) is 6.25. The van der Waals surface area contributed by atoms with Crippen molar-refractivity contribution in [1.29, 1.82) is 0 Å². The Morgan fingerprint density at radius 3 is 2.92 bits per heavy atom. The molecule has 3 aromatic heterocycles. The number of ether oxygens (including phenoxy) is 1. The maximum Gasteiger partial charge on any atom is 0.152 e. The van der Waals surface area contributed by atoms with Crippen molar-refractivity contribution in [3.8, 4) is 0 Å². The standard InChI is InChI=1S/C18H17N5O/c19-18-16-17(14-5-1-2-6-15(14)22-18)23(12-21-16)8-9-24-11-13-4-3-7-20-10-13/h1-7,10,12H,8-9,11H2,(H2,19,22). The number of hydrogen-bond donors (Lipinski definition) is 1. The summed E-state index contributed by atoms with van der Waals surface area (Å²) in [6, 6.07) is 11.9. The molecule has 0 saturated carbocycles. The highest BCUT2D eigenvalue weighted by Gasteiger charge is 2.11. The van der Waals surface area contributed by atoms with Gasteiger partial charge in [-0.3, -0.25) is 4.98 Å². The Balaban J connectivity index is 1.56. The summed E-state index contributed by atoms with van der Waals surface area (Å²) in [6.07, 6.45) is 5.36. The van der Waals surface area contributed by atoms with Gasteiger partial charge in [-0.25, -0.2) is 9.97 Å². The molecule has 0 aliphatic carbocycles. The van der Waals surface area contributed by atoms with E-state index < -0.39 is 0 Å². The Morgan fingerprint density at radius 1 is 1.12 bits per heavy atom. The van der Waals surface area contributed by atoms with Gasteiger partial charge in [-0.15, -0.1) is 0 Å². The number of benzene rings is 1. The third-order valence-electron chi connectivity index (χ3n) is 3.95. The van der Waals surface area contributed by atoms with Crippen molar-refractivity contribution in [3.63, 3.8) is 0 Å². The molecule has 4 aromatic rings. The van der Waals surface area contributed by atoms with Crippen LogP contribution in [0, 0.1) is 0 Å². The van der Waals surface area contributed by atoms with Gasteiger partial charge in [0, 0.05) is 24.3 Å². The third-order valence-corrected chi connectivity index (χ3v) is 3.95. The third kappa shape index (κ3) is 2.68. The van der Waals surface area contributed by atoms with Crippen LogP contribution in [0.15, 0.2) is 55.1 Å². The second-order valence-electron chi connectivity index (χ2n) is 5.56. The van der Waals surface area contributed by atoms with E-state index in [4.69, 9.17) is 10.5 Å². The zero-order valence-electron chi connectivity index (χ0n) is 13.1. The monoisotopic (exact) mass is 319 g/mol. The van der Waals surface area contributed by atoms with Gasteiger partial charge in [0.1, 0.15) is 5.52 Å². The lowest BCUT2D eigenvalue weighted by Gasteiger charge is -2.08. The number of nitrogen functional groups attached to an aromatic ring is 1. The first-order valence-corrected chi connectivity index (χ1v) is 7.78. The van der Waals surface area contributed by atoms with Crippen LogP contribution in [0.5, 0.6) is 0 Å². The van der Waals surface area contributed by atoms with Gasteiger partial charge in [-0.05, 0) is 17.7 Å². The van der Waals surface area contributed by atoms with Gasteiger partial charge in [0.2, 0.25) is 0 Å². The van der Waals surface area contributed by atoms with Gasteiger partial charge < -0.3 is 15.0 Å². The van der Waals surface area contributed by atoms with Crippen LogP contribution in [0.1, 0.15) is 5.56 Å². The van der Waals surface area contributed by atoms with Crippen LogP contribution in [-0.2, 0) is 17.9 Å². The minimum absolute atomic E-state index is 0.457. The molecular weight excluding hydrogens is 302 g/mol. The number of nitrogens with two attached hydrogens (primary N) is 1. The van der Waals surface area contributed by atoms with Crippen molar-refractivity contribution >= 4 is 27.8 Å². The predicted octanol–water partition coefficient (Wildman–Crippen LogP) is 2.78. The summed E-state index contributed by atoms with van der Waals surface area (Å²) in [7, 11) is 0. The maximum absolute atomic E-state index is 6.04. The number of nitrogens with zero attached hydrogens (tertiary/aromatic N) is 4. The molecule has 3 heterocycles. The van der Waals surface area contributed by atoms with Gasteiger partial charge in [0.05, 0.1) is 30.6 Å². The SMILES string of the molecule is Nc1nc2ccccc2c2c1ncn2CCOCc1cccnc1. The molecule has 0 saturated heterocycles. The highest BCUT2D eigenvalue weighted by Crippen LogP contribution is 2.26. The molecule has 0 atom stereocenters. The van der Waals surface area contributed by atoms with Gasteiger partial charge >= 0.3 is 0 Å². The van der Waals surface area contributed by atoms with Crippen molar-refractivity contribution < 1.29 is 4.74 Å². The van der Waals surface area contributed by atoms with Crippen LogP contribution in [-0.4, -0.2) is 26.1 Å². The van der Waals surface area contributed by atoms with Gasteiger partial charge in [-0.1, -0.05) is 24.3 Å². The molecule has 0 aliphatic rings. The Labute approximate surface area is 138 Å². The Morgan fingerprint density at radius 2 is 2.04 bits per heavy atom. The van der Waals surface area contributed by atoms with E-state index in [-0.39, 0.29) is 0 Å². The fraction of sp³-hybridized carbons (Fsp3) is 0.167. The van der Waals surface area contributed by atoms with E-state index in [2.05, 4.69) is 19.5 Å². The zero-order chi connectivity index (χ0) is 16.4. The second-order valence-corrected chi connectivity index (χ2v) is 5.56. The van der Waals surface area contributed by atoms with Crippen LogP contribution in [0.4, 0.5) is 5.82 Å². The minimum Gasteiger partial charge on any atom is -0.382 e. The molecular formula is C18H17N5O. The number of anilines is 1. The van der Waals surface area contributed by atoms with E-state index in [1.165, 1.54) is 0 Å². The van der Waals surface area contributed by atoms with Gasteiger partial charge in [0.25, 0.3) is 0 Å². The molecule has 0 spiro atoms. The number of para-hydroxylation sites is 1. The summed E-state index contributed by atoms with van der Waals surface area (Å²) < 4.78 is 7.82. The summed E-state index contributed by atoms with van der Waals surface area (Å²) in [5.74, 6) is 0.457. The van der Waals surface area contributed by atoms with E-state index in [1.54, 1.807) is 12.5 Å². The van der Waals surface area contributed by atoms with Crippen LogP contribution in [0.2, 0.25) is 0 Å². The smallest absolute Gasteiger partial charge is 0.152 e. The molecule has 0 amide bonds. The molecule has 4 rings (SSSR count). The molecule has 120 valence electrons. The van der Waals surface area contributed by atoms with E-state index in [0.717, 1.165) is 27.5 Å². The maximum atomic E-state index is 6.04. The molecule has 0 bridgehead atoms. The molecule has 0 fully saturated rings. The highest BCUT2D eigenvalue weighted by molar-refractivity contribution is 6.06. The van der Waals surface area contributed by atoms with Crippen molar-refractivity contribution in [2.45, 2.75) is 13.2 Å². The van der Waals surface area contributed by atoms with E-state index in [1.807, 2.05) is 42.6 Å². The molecule has 6 nitrogen and oxygen atoms in total. The van der Waals surface area contributed by atoms with Crippen LogP contribution >= 0.6 is 0 Å². The molecule has 1 aromatic carbocycles. The van der Waals surface area contributed by atoms with Crippen molar-refractivity contribution in [2.75, 3.05) is 12.3 Å². The lowest BCUT2D eigenvalue weighted by molar-refractivity contribution is 0.113. The summed E-state index contributed by atoms with van der Waals surface area (Å²) in [5, 5.41) is 1.05.